The Morgan fingerprint density at radius 3 is 2.76 bits per heavy atom. The SMILES string of the molecule is Cc1ccc(/C=C/C(=O)N(C2CC2)C(C)c2ccco2)o1. The van der Waals surface area contributed by atoms with Gasteiger partial charge >= 0.3 is 0 Å². The first-order valence-electron chi connectivity index (χ1n) is 7.25. The highest BCUT2D eigenvalue weighted by Gasteiger charge is 2.36. The molecule has 1 unspecified atom stereocenters. The fourth-order valence-electron chi connectivity index (χ4n) is 2.49. The van der Waals surface area contributed by atoms with Crippen molar-refractivity contribution in [1.82, 2.24) is 4.90 Å². The van der Waals surface area contributed by atoms with E-state index in [4.69, 9.17) is 8.83 Å². The van der Waals surface area contributed by atoms with E-state index in [0.29, 0.717) is 11.8 Å². The zero-order valence-corrected chi connectivity index (χ0v) is 12.3. The number of hydrogen-bond acceptors (Lipinski definition) is 3. The molecule has 1 saturated carbocycles. The van der Waals surface area contributed by atoms with Crippen molar-refractivity contribution in [3.63, 3.8) is 0 Å². The van der Waals surface area contributed by atoms with E-state index < -0.39 is 0 Å². The normalized spacial score (nSPS) is 16.3. The fraction of sp³-hybridized carbons (Fsp3) is 0.353. The van der Waals surface area contributed by atoms with Crippen LogP contribution in [0.1, 0.15) is 43.1 Å². The molecule has 1 amide bonds. The third-order valence-corrected chi connectivity index (χ3v) is 3.72. The maximum Gasteiger partial charge on any atom is 0.247 e. The lowest BCUT2D eigenvalue weighted by molar-refractivity contribution is -0.129. The summed E-state index contributed by atoms with van der Waals surface area (Å²) in [7, 11) is 0. The monoisotopic (exact) mass is 285 g/mol. The maximum atomic E-state index is 12.5. The van der Waals surface area contributed by atoms with Gasteiger partial charge in [0.15, 0.2) is 0 Å². The molecule has 1 aliphatic rings. The molecule has 110 valence electrons. The Hall–Kier alpha value is -2.23. The predicted molar refractivity (Wildman–Crippen MR) is 79.5 cm³/mol. The van der Waals surface area contributed by atoms with E-state index in [9.17, 15) is 4.79 Å². The smallest absolute Gasteiger partial charge is 0.247 e. The summed E-state index contributed by atoms with van der Waals surface area (Å²) < 4.78 is 10.9. The van der Waals surface area contributed by atoms with Crippen molar-refractivity contribution in [2.24, 2.45) is 0 Å². The van der Waals surface area contributed by atoms with Gasteiger partial charge in [0.1, 0.15) is 17.3 Å². The third-order valence-electron chi connectivity index (χ3n) is 3.72. The Balaban J connectivity index is 1.74. The summed E-state index contributed by atoms with van der Waals surface area (Å²) in [5.41, 5.74) is 0. The van der Waals surface area contributed by atoms with E-state index in [-0.39, 0.29) is 11.9 Å². The van der Waals surface area contributed by atoms with E-state index in [1.165, 1.54) is 0 Å². The summed E-state index contributed by atoms with van der Waals surface area (Å²) in [6.07, 6.45) is 7.06. The fourth-order valence-corrected chi connectivity index (χ4v) is 2.49. The third kappa shape index (κ3) is 3.10. The maximum absolute atomic E-state index is 12.5. The molecule has 0 N–H and O–H groups in total. The molecule has 2 heterocycles. The topological polar surface area (TPSA) is 46.6 Å². The summed E-state index contributed by atoms with van der Waals surface area (Å²) >= 11 is 0. The number of carbonyl (C=O) groups excluding carboxylic acids is 1. The number of rotatable bonds is 5. The van der Waals surface area contributed by atoms with Crippen LogP contribution in [0, 0.1) is 6.92 Å². The number of carbonyl (C=O) groups is 1. The highest BCUT2D eigenvalue weighted by atomic mass is 16.3. The lowest BCUT2D eigenvalue weighted by Crippen LogP contribution is -2.34. The molecule has 21 heavy (non-hydrogen) atoms. The Kier molecular flexibility index (Phi) is 3.69. The molecule has 2 aromatic heterocycles. The van der Waals surface area contributed by atoms with Crippen LogP contribution in [-0.4, -0.2) is 16.8 Å². The minimum Gasteiger partial charge on any atom is -0.467 e. The van der Waals surface area contributed by atoms with Crippen molar-refractivity contribution >= 4 is 12.0 Å². The van der Waals surface area contributed by atoms with Crippen molar-refractivity contribution in [3.8, 4) is 0 Å². The predicted octanol–water partition coefficient (Wildman–Crippen LogP) is 3.95. The second kappa shape index (κ2) is 5.64. The summed E-state index contributed by atoms with van der Waals surface area (Å²) in [5, 5.41) is 0. The van der Waals surface area contributed by atoms with Gasteiger partial charge in [-0.05, 0) is 57.0 Å². The van der Waals surface area contributed by atoms with Gasteiger partial charge < -0.3 is 13.7 Å². The molecular formula is C17H19NO3. The minimum atomic E-state index is -0.0528. The molecule has 0 radical (unpaired) electrons. The van der Waals surface area contributed by atoms with Crippen molar-refractivity contribution in [2.75, 3.05) is 0 Å². The molecule has 0 aromatic carbocycles. The van der Waals surface area contributed by atoms with Crippen LogP contribution in [0.4, 0.5) is 0 Å². The van der Waals surface area contributed by atoms with E-state index in [1.54, 1.807) is 18.4 Å². The van der Waals surface area contributed by atoms with Crippen molar-refractivity contribution in [3.05, 3.63) is 53.9 Å². The van der Waals surface area contributed by atoms with Gasteiger partial charge in [-0.15, -0.1) is 0 Å². The van der Waals surface area contributed by atoms with Crippen LogP contribution in [0.2, 0.25) is 0 Å². The molecule has 0 spiro atoms. The van der Waals surface area contributed by atoms with E-state index in [1.807, 2.05) is 43.0 Å². The van der Waals surface area contributed by atoms with Crippen LogP contribution >= 0.6 is 0 Å². The Labute approximate surface area is 124 Å². The Bertz CT molecular complexity index is 635. The molecule has 0 saturated heterocycles. The molecule has 3 rings (SSSR count). The largest absolute Gasteiger partial charge is 0.467 e. The summed E-state index contributed by atoms with van der Waals surface area (Å²) in [6.45, 7) is 3.88. The highest BCUT2D eigenvalue weighted by Crippen LogP contribution is 2.34. The highest BCUT2D eigenvalue weighted by molar-refractivity contribution is 5.92. The van der Waals surface area contributed by atoms with Crippen molar-refractivity contribution < 1.29 is 13.6 Å². The molecule has 1 fully saturated rings. The van der Waals surface area contributed by atoms with Gasteiger partial charge in [0.05, 0.1) is 12.3 Å². The van der Waals surface area contributed by atoms with Crippen LogP contribution in [-0.2, 0) is 4.79 Å². The number of hydrogen-bond donors (Lipinski definition) is 0. The number of aryl methyl sites for hydroxylation is 1. The summed E-state index contributed by atoms with van der Waals surface area (Å²) in [4.78, 5) is 14.4. The number of furan rings is 2. The molecule has 4 heteroatoms. The van der Waals surface area contributed by atoms with Crippen molar-refractivity contribution in [2.45, 2.75) is 38.8 Å². The van der Waals surface area contributed by atoms with E-state index >= 15 is 0 Å². The zero-order chi connectivity index (χ0) is 14.8. The average Bonchev–Trinajstić information content (AvgIpc) is 2.99. The first-order chi connectivity index (χ1) is 10.1. The second-order valence-corrected chi connectivity index (χ2v) is 5.45. The van der Waals surface area contributed by atoms with Gasteiger partial charge in [-0.25, -0.2) is 0 Å². The molecule has 1 aliphatic carbocycles. The molecular weight excluding hydrogens is 266 g/mol. The van der Waals surface area contributed by atoms with Gasteiger partial charge in [-0.2, -0.15) is 0 Å². The minimum absolute atomic E-state index is 0.00421. The van der Waals surface area contributed by atoms with Crippen LogP contribution < -0.4 is 0 Å². The van der Waals surface area contributed by atoms with Crippen molar-refractivity contribution in [1.29, 1.82) is 0 Å². The van der Waals surface area contributed by atoms with Crippen LogP contribution in [0.15, 0.2) is 45.4 Å². The zero-order valence-electron chi connectivity index (χ0n) is 12.3. The first kappa shape index (κ1) is 13.7. The van der Waals surface area contributed by atoms with Gasteiger partial charge in [-0.3, -0.25) is 4.79 Å². The van der Waals surface area contributed by atoms with Gasteiger partial charge in [0, 0.05) is 12.1 Å². The van der Waals surface area contributed by atoms with Gasteiger partial charge in [0.25, 0.3) is 0 Å². The summed E-state index contributed by atoms with van der Waals surface area (Å²) in [6, 6.07) is 7.77. The van der Waals surface area contributed by atoms with Crippen LogP contribution in [0.25, 0.3) is 6.08 Å². The lowest BCUT2D eigenvalue weighted by atomic mass is 10.2. The molecule has 1 atom stereocenters. The first-order valence-corrected chi connectivity index (χ1v) is 7.25. The Morgan fingerprint density at radius 1 is 1.38 bits per heavy atom. The van der Waals surface area contributed by atoms with E-state index in [0.717, 1.165) is 24.4 Å². The average molecular weight is 285 g/mol. The number of amides is 1. The second-order valence-electron chi connectivity index (χ2n) is 5.45. The molecule has 0 aliphatic heterocycles. The van der Waals surface area contributed by atoms with Crippen LogP contribution in [0.3, 0.4) is 0 Å². The number of nitrogens with zero attached hydrogens (tertiary/aromatic N) is 1. The van der Waals surface area contributed by atoms with Gasteiger partial charge in [0.2, 0.25) is 5.91 Å². The lowest BCUT2D eigenvalue weighted by Gasteiger charge is -2.26. The summed E-state index contributed by atoms with van der Waals surface area (Å²) in [5.74, 6) is 2.35. The Morgan fingerprint density at radius 2 is 2.19 bits per heavy atom. The van der Waals surface area contributed by atoms with Gasteiger partial charge in [-0.1, -0.05) is 0 Å². The quantitative estimate of drug-likeness (QED) is 0.781. The van der Waals surface area contributed by atoms with Crippen LogP contribution in [0.5, 0.6) is 0 Å². The molecule has 0 bridgehead atoms. The van der Waals surface area contributed by atoms with E-state index in [2.05, 4.69) is 0 Å². The standard InChI is InChI=1S/C17H19NO3/c1-12-5-8-15(21-12)9-10-17(19)18(14-6-7-14)13(2)16-4-3-11-20-16/h3-5,8-11,13-14H,6-7H2,1-2H3/b10-9+. The molecule has 4 nitrogen and oxygen atoms in total. The molecule has 2 aromatic rings.